The second-order valence-corrected chi connectivity index (χ2v) is 12.6. The van der Waals surface area contributed by atoms with Crippen LogP contribution in [-0.4, -0.2) is 61.9 Å². The van der Waals surface area contributed by atoms with Crippen LogP contribution in [-0.2, 0) is 24.3 Å². The van der Waals surface area contributed by atoms with Gasteiger partial charge in [0, 0.05) is 48.0 Å². The number of carbonyl (C=O) groups is 2. The fourth-order valence-electron chi connectivity index (χ4n) is 5.70. The Kier molecular flexibility index (Phi) is 8.45. The van der Waals surface area contributed by atoms with E-state index in [1.165, 1.54) is 25.4 Å². The van der Waals surface area contributed by atoms with Gasteiger partial charge in [-0.15, -0.1) is 0 Å². The maximum absolute atomic E-state index is 15.6. The van der Waals surface area contributed by atoms with Crippen molar-refractivity contribution in [2.24, 2.45) is 0 Å². The van der Waals surface area contributed by atoms with E-state index in [1.54, 1.807) is 30.3 Å². The summed E-state index contributed by atoms with van der Waals surface area (Å²) >= 11 is 0. The van der Waals surface area contributed by atoms with Gasteiger partial charge in [-0.05, 0) is 68.1 Å². The summed E-state index contributed by atoms with van der Waals surface area (Å²) in [7, 11) is 1.48. The van der Waals surface area contributed by atoms with Gasteiger partial charge in [-0.2, -0.15) is 0 Å². The highest BCUT2D eigenvalue weighted by atomic mass is 19.1. The van der Waals surface area contributed by atoms with Crippen molar-refractivity contribution < 1.29 is 37.7 Å². The van der Waals surface area contributed by atoms with Gasteiger partial charge in [0.15, 0.2) is 0 Å². The Hall–Kier alpha value is -5.43. The molecule has 5 aromatic rings. The molecule has 1 amide bonds. The number of fused-ring (bicyclic) bond motifs is 1. The van der Waals surface area contributed by atoms with Crippen LogP contribution in [0.1, 0.15) is 64.0 Å². The topological polar surface area (TPSA) is 138 Å². The highest BCUT2D eigenvalue weighted by Crippen LogP contribution is 2.35. The summed E-state index contributed by atoms with van der Waals surface area (Å²) in [5, 5.41) is 12.5. The molecule has 1 aliphatic carbocycles. The standard InChI is InChI=1S/C36H33F2N5O6/c1-36(9-10-36)42-34(44)29-16-31(47-2)22(17-39-29)19-49-33-5-3-4-27(41-33)24-15-25(37)21(12-26(24)38)14-32-40-28-7-6-20(35(45)46)13-30(28)43(32)18-23-8-11-48-23/h3-7,12-13,15-17,23H,8-11,14,18-19H2,1-2H3,(H,42,44)(H,45,46)/t23-/m0/s1. The largest absolute Gasteiger partial charge is 0.496 e. The normalized spacial score (nSPS) is 16.2. The zero-order chi connectivity index (χ0) is 34.3. The van der Waals surface area contributed by atoms with Gasteiger partial charge in [0.25, 0.3) is 5.91 Å². The van der Waals surface area contributed by atoms with Crippen molar-refractivity contribution in [3.05, 3.63) is 101 Å². The third kappa shape index (κ3) is 6.79. The lowest BCUT2D eigenvalue weighted by Crippen LogP contribution is -2.34. The second kappa shape index (κ2) is 12.9. The highest BCUT2D eigenvalue weighted by Gasteiger charge is 2.39. The predicted molar refractivity (Wildman–Crippen MR) is 174 cm³/mol. The molecule has 0 spiro atoms. The first-order valence-corrected chi connectivity index (χ1v) is 15.9. The third-order valence-corrected chi connectivity index (χ3v) is 8.93. The first kappa shape index (κ1) is 32.1. The number of aromatic carboxylic acids is 1. The number of pyridine rings is 2. The van der Waals surface area contributed by atoms with Crippen molar-refractivity contribution in [1.29, 1.82) is 0 Å². The van der Waals surface area contributed by atoms with Crippen LogP contribution in [0, 0.1) is 11.6 Å². The molecule has 1 aliphatic heterocycles. The molecule has 2 N–H and O–H groups in total. The number of imidazole rings is 1. The molecule has 3 aromatic heterocycles. The van der Waals surface area contributed by atoms with Crippen molar-refractivity contribution in [2.75, 3.05) is 13.7 Å². The van der Waals surface area contributed by atoms with Gasteiger partial charge in [0.05, 0.1) is 42.0 Å². The average molecular weight is 670 g/mol. The number of benzene rings is 2. The predicted octanol–water partition coefficient (Wildman–Crippen LogP) is 5.72. The molecule has 1 saturated heterocycles. The SMILES string of the molecule is COc1cc(C(=O)NC2(C)CC2)ncc1COc1cccc(-c2cc(F)c(Cc3nc4ccc(C(=O)O)cc4n3C[C@@H]3CCO3)cc2F)n1. The van der Waals surface area contributed by atoms with Gasteiger partial charge in [-0.25, -0.2) is 23.5 Å². The molecule has 1 saturated carbocycles. The Morgan fingerprint density at radius 3 is 2.61 bits per heavy atom. The fraction of sp³-hybridized carbons (Fsp3) is 0.306. The minimum absolute atomic E-state index is 0.00286. The molecular weight excluding hydrogens is 636 g/mol. The van der Waals surface area contributed by atoms with Crippen LogP contribution in [0.15, 0.2) is 60.8 Å². The number of nitrogens with one attached hydrogen (secondary N) is 1. The van der Waals surface area contributed by atoms with E-state index in [4.69, 9.17) is 14.2 Å². The van der Waals surface area contributed by atoms with Gasteiger partial charge in [0.1, 0.15) is 35.5 Å². The Bertz CT molecular complexity index is 2090. The molecule has 0 radical (unpaired) electrons. The lowest BCUT2D eigenvalue weighted by molar-refractivity contribution is -0.0589. The number of nitrogens with zero attached hydrogens (tertiary/aromatic N) is 4. The van der Waals surface area contributed by atoms with Crippen molar-refractivity contribution in [3.8, 4) is 22.9 Å². The molecule has 11 nitrogen and oxygen atoms in total. The molecule has 2 aromatic carbocycles. The van der Waals surface area contributed by atoms with Gasteiger partial charge < -0.3 is 29.2 Å². The molecule has 7 rings (SSSR count). The summed E-state index contributed by atoms with van der Waals surface area (Å²) in [5.74, 6) is -1.64. The molecule has 2 aliphatic rings. The van der Waals surface area contributed by atoms with Crippen molar-refractivity contribution in [2.45, 2.75) is 57.4 Å². The summed E-state index contributed by atoms with van der Waals surface area (Å²) in [6.07, 6.45) is 4.08. The number of amides is 1. The lowest BCUT2D eigenvalue weighted by atomic mass is 10.0. The van der Waals surface area contributed by atoms with Crippen LogP contribution in [0.25, 0.3) is 22.3 Å². The molecule has 252 valence electrons. The van der Waals surface area contributed by atoms with Gasteiger partial charge >= 0.3 is 5.97 Å². The van der Waals surface area contributed by atoms with Crippen LogP contribution < -0.4 is 14.8 Å². The minimum atomic E-state index is -1.07. The number of hydrogen-bond donors (Lipinski definition) is 2. The van der Waals surface area contributed by atoms with Crippen molar-refractivity contribution in [3.63, 3.8) is 0 Å². The molecule has 4 heterocycles. The zero-order valence-corrected chi connectivity index (χ0v) is 26.8. The first-order valence-electron chi connectivity index (χ1n) is 15.9. The summed E-state index contributed by atoms with van der Waals surface area (Å²) in [6, 6.07) is 13.2. The number of carboxylic acids is 1. The van der Waals surface area contributed by atoms with E-state index in [9.17, 15) is 14.7 Å². The number of ether oxygens (including phenoxy) is 3. The molecule has 49 heavy (non-hydrogen) atoms. The van der Waals surface area contributed by atoms with Crippen molar-refractivity contribution in [1.82, 2.24) is 24.8 Å². The van der Waals surface area contributed by atoms with E-state index < -0.39 is 17.6 Å². The van der Waals surface area contributed by atoms with Crippen molar-refractivity contribution >= 4 is 22.9 Å². The number of rotatable bonds is 12. The van der Waals surface area contributed by atoms with E-state index in [1.807, 2.05) is 11.5 Å². The number of aromatic nitrogens is 4. The fourth-order valence-corrected chi connectivity index (χ4v) is 5.70. The van der Waals surface area contributed by atoms with E-state index >= 15 is 8.78 Å². The monoisotopic (exact) mass is 669 g/mol. The summed E-state index contributed by atoms with van der Waals surface area (Å²) in [4.78, 5) is 37.5. The summed E-state index contributed by atoms with van der Waals surface area (Å²) in [5.41, 5.74) is 2.05. The molecular formula is C36H33F2N5O6. The third-order valence-electron chi connectivity index (χ3n) is 8.93. The van der Waals surface area contributed by atoms with Crippen LogP contribution >= 0.6 is 0 Å². The molecule has 1 atom stereocenters. The minimum Gasteiger partial charge on any atom is -0.496 e. The van der Waals surface area contributed by atoms with Gasteiger partial charge in [-0.3, -0.25) is 9.78 Å². The maximum atomic E-state index is 15.6. The molecule has 13 heteroatoms. The van der Waals surface area contributed by atoms with E-state index in [-0.39, 0.29) is 64.5 Å². The Morgan fingerprint density at radius 2 is 1.90 bits per heavy atom. The number of carbonyl (C=O) groups excluding carboxylic acids is 1. The quantitative estimate of drug-likeness (QED) is 0.171. The molecule has 2 fully saturated rings. The summed E-state index contributed by atoms with van der Waals surface area (Å²) < 4.78 is 50.0. The Morgan fingerprint density at radius 1 is 1.08 bits per heavy atom. The number of methoxy groups -OCH3 is 1. The maximum Gasteiger partial charge on any atom is 0.335 e. The van der Waals surface area contributed by atoms with E-state index in [0.717, 1.165) is 31.4 Å². The molecule has 0 bridgehead atoms. The van der Waals surface area contributed by atoms with Crippen LogP contribution in [0.2, 0.25) is 0 Å². The highest BCUT2D eigenvalue weighted by molar-refractivity contribution is 5.93. The average Bonchev–Trinajstić information content (AvgIpc) is 3.70. The number of halogens is 2. The first-order chi connectivity index (χ1) is 23.6. The Labute approximate surface area is 279 Å². The summed E-state index contributed by atoms with van der Waals surface area (Å²) in [6.45, 7) is 3.02. The Balaban J connectivity index is 1.09. The smallest absolute Gasteiger partial charge is 0.335 e. The molecule has 0 unspecified atom stereocenters. The number of hydrogen-bond acceptors (Lipinski definition) is 8. The zero-order valence-electron chi connectivity index (χ0n) is 26.8. The van der Waals surface area contributed by atoms with Crippen LogP contribution in [0.5, 0.6) is 11.6 Å². The van der Waals surface area contributed by atoms with Gasteiger partial charge in [0.2, 0.25) is 5.88 Å². The lowest BCUT2D eigenvalue weighted by Gasteiger charge is -2.27. The van der Waals surface area contributed by atoms with Crippen LogP contribution in [0.3, 0.4) is 0 Å². The van der Waals surface area contributed by atoms with E-state index in [0.29, 0.717) is 41.3 Å². The van der Waals surface area contributed by atoms with Gasteiger partial charge in [-0.1, -0.05) is 6.07 Å². The van der Waals surface area contributed by atoms with E-state index in [2.05, 4.69) is 20.3 Å². The van der Waals surface area contributed by atoms with Crippen LogP contribution in [0.4, 0.5) is 8.78 Å². The number of carboxylic acid groups (broad SMARTS) is 1. The second-order valence-electron chi connectivity index (χ2n) is 12.6.